The third-order valence-corrected chi connectivity index (χ3v) is 5.98. The first-order chi connectivity index (χ1) is 12.0. The van der Waals surface area contributed by atoms with E-state index in [2.05, 4.69) is 10.2 Å². The fraction of sp³-hybridized carbons (Fsp3) is 0.412. The highest BCUT2D eigenvalue weighted by atomic mass is 32.2. The third kappa shape index (κ3) is 4.08. The highest BCUT2D eigenvalue weighted by Crippen LogP contribution is 2.24. The van der Waals surface area contributed by atoms with Crippen molar-refractivity contribution in [1.82, 2.24) is 14.5 Å². The van der Waals surface area contributed by atoms with Gasteiger partial charge in [-0.3, -0.25) is 0 Å². The van der Waals surface area contributed by atoms with Crippen LogP contribution < -0.4 is 9.47 Å². The zero-order valence-electron chi connectivity index (χ0n) is 14.3. The molecule has 1 aliphatic heterocycles. The molecular formula is C17H21N3O4S. The van der Waals surface area contributed by atoms with E-state index in [-0.39, 0.29) is 11.0 Å². The molecule has 2 aromatic rings. The van der Waals surface area contributed by atoms with Crippen molar-refractivity contribution in [1.29, 1.82) is 0 Å². The number of benzene rings is 1. The predicted octanol–water partition coefficient (Wildman–Crippen LogP) is 2.03. The van der Waals surface area contributed by atoms with Crippen molar-refractivity contribution in [2.24, 2.45) is 0 Å². The molecule has 3 rings (SSSR count). The van der Waals surface area contributed by atoms with Crippen LogP contribution >= 0.6 is 0 Å². The highest BCUT2D eigenvalue weighted by molar-refractivity contribution is 7.89. The van der Waals surface area contributed by atoms with Gasteiger partial charge in [-0.25, -0.2) is 8.42 Å². The molecule has 0 spiro atoms. The van der Waals surface area contributed by atoms with Gasteiger partial charge in [0, 0.05) is 12.6 Å². The van der Waals surface area contributed by atoms with Gasteiger partial charge in [-0.05, 0) is 50.1 Å². The number of aromatic nitrogens is 2. The second-order valence-electron chi connectivity index (χ2n) is 5.93. The second-order valence-corrected chi connectivity index (χ2v) is 7.87. The first-order valence-corrected chi connectivity index (χ1v) is 9.54. The monoisotopic (exact) mass is 363 g/mol. The maximum atomic E-state index is 12.8. The molecule has 0 amide bonds. The third-order valence-electron chi connectivity index (χ3n) is 4.10. The van der Waals surface area contributed by atoms with Crippen LogP contribution in [0.25, 0.3) is 0 Å². The molecule has 1 fully saturated rings. The summed E-state index contributed by atoms with van der Waals surface area (Å²) in [5.74, 6) is 1.04. The summed E-state index contributed by atoms with van der Waals surface area (Å²) in [5.41, 5.74) is 0.805. The minimum absolute atomic E-state index is 0.237. The molecule has 25 heavy (non-hydrogen) atoms. The Balaban J connectivity index is 1.71. The molecule has 0 bridgehead atoms. The molecule has 134 valence electrons. The van der Waals surface area contributed by atoms with E-state index in [1.807, 2.05) is 13.0 Å². The van der Waals surface area contributed by atoms with Gasteiger partial charge in [0.15, 0.2) is 0 Å². The van der Waals surface area contributed by atoms with Gasteiger partial charge in [-0.1, -0.05) is 0 Å². The van der Waals surface area contributed by atoms with Gasteiger partial charge in [0.25, 0.3) is 0 Å². The van der Waals surface area contributed by atoms with E-state index in [1.54, 1.807) is 37.4 Å². The summed E-state index contributed by atoms with van der Waals surface area (Å²) >= 11 is 0. The average molecular weight is 363 g/mol. The number of sulfonamides is 1. The molecule has 1 unspecified atom stereocenters. The van der Waals surface area contributed by atoms with Crippen LogP contribution in [0.4, 0.5) is 0 Å². The van der Waals surface area contributed by atoms with Crippen molar-refractivity contribution < 1.29 is 17.9 Å². The fourth-order valence-electron chi connectivity index (χ4n) is 2.74. The van der Waals surface area contributed by atoms with Crippen LogP contribution in [0.5, 0.6) is 11.6 Å². The fourth-order valence-corrected chi connectivity index (χ4v) is 4.25. The number of piperidine rings is 1. The highest BCUT2D eigenvalue weighted by Gasteiger charge is 2.31. The predicted molar refractivity (Wildman–Crippen MR) is 92.2 cm³/mol. The first kappa shape index (κ1) is 17.6. The summed E-state index contributed by atoms with van der Waals surface area (Å²) in [6.45, 7) is 2.62. The molecule has 7 nitrogen and oxygen atoms in total. The van der Waals surface area contributed by atoms with Gasteiger partial charge >= 0.3 is 0 Å². The Morgan fingerprint density at radius 1 is 1.12 bits per heavy atom. The van der Waals surface area contributed by atoms with Crippen LogP contribution in [-0.4, -0.2) is 49.2 Å². The van der Waals surface area contributed by atoms with E-state index < -0.39 is 10.0 Å². The maximum absolute atomic E-state index is 12.8. The summed E-state index contributed by atoms with van der Waals surface area (Å²) in [6, 6.07) is 9.98. The summed E-state index contributed by atoms with van der Waals surface area (Å²) in [4.78, 5) is 0.254. The van der Waals surface area contributed by atoms with Gasteiger partial charge in [-0.15, -0.1) is 5.10 Å². The number of nitrogens with zero attached hydrogens (tertiary/aromatic N) is 3. The SMILES string of the molecule is COc1ccc(S(=O)(=O)N2CCCC(Oc3ccc(C)nn3)C2)cc1. The lowest BCUT2D eigenvalue weighted by molar-refractivity contribution is 0.123. The number of aryl methyl sites for hydroxylation is 1. The molecule has 0 aliphatic carbocycles. The van der Waals surface area contributed by atoms with Crippen LogP contribution in [0, 0.1) is 6.92 Å². The lowest BCUT2D eigenvalue weighted by Gasteiger charge is -2.31. The van der Waals surface area contributed by atoms with Crippen molar-refractivity contribution in [3.8, 4) is 11.6 Å². The smallest absolute Gasteiger partial charge is 0.243 e. The lowest BCUT2D eigenvalue weighted by Crippen LogP contribution is -2.44. The van der Waals surface area contributed by atoms with E-state index in [0.29, 0.717) is 24.7 Å². The number of methoxy groups -OCH3 is 1. The van der Waals surface area contributed by atoms with Crippen LogP contribution in [0.2, 0.25) is 0 Å². The van der Waals surface area contributed by atoms with Gasteiger partial charge in [0.05, 0.1) is 24.2 Å². The average Bonchev–Trinajstić information content (AvgIpc) is 2.64. The zero-order valence-corrected chi connectivity index (χ0v) is 15.1. The number of rotatable bonds is 5. The van der Waals surface area contributed by atoms with Gasteiger partial charge < -0.3 is 9.47 Å². The second kappa shape index (κ2) is 7.37. The zero-order chi connectivity index (χ0) is 17.9. The molecular weight excluding hydrogens is 342 g/mol. The van der Waals surface area contributed by atoms with Crippen LogP contribution in [0.1, 0.15) is 18.5 Å². The van der Waals surface area contributed by atoms with E-state index in [1.165, 1.54) is 4.31 Å². The summed E-state index contributed by atoms with van der Waals surface area (Å²) in [5, 5.41) is 7.94. The molecule has 1 saturated heterocycles. The minimum Gasteiger partial charge on any atom is -0.497 e. The van der Waals surface area contributed by atoms with E-state index >= 15 is 0 Å². The van der Waals surface area contributed by atoms with Crippen molar-refractivity contribution in [2.75, 3.05) is 20.2 Å². The van der Waals surface area contributed by atoms with Crippen molar-refractivity contribution >= 4 is 10.0 Å². The molecule has 8 heteroatoms. The van der Waals surface area contributed by atoms with Gasteiger partial charge in [0.2, 0.25) is 15.9 Å². The Bertz CT molecular complexity index is 807. The largest absolute Gasteiger partial charge is 0.497 e. The molecule has 0 radical (unpaired) electrons. The molecule has 1 aliphatic rings. The minimum atomic E-state index is -3.56. The maximum Gasteiger partial charge on any atom is 0.243 e. The Kier molecular flexibility index (Phi) is 5.19. The molecule has 2 heterocycles. The normalized spacial score (nSPS) is 18.7. The van der Waals surface area contributed by atoms with Crippen LogP contribution in [-0.2, 0) is 10.0 Å². The van der Waals surface area contributed by atoms with Crippen molar-refractivity contribution in [3.05, 3.63) is 42.1 Å². The number of ether oxygens (including phenoxy) is 2. The van der Waals surface area contributed by atoms with Crippen molar-refractivity contribution in [2.45, 2.75) is 30.8 Å². The lowest BCUT2D eigenvalue weighted by atomic mass is 10.1. The molecule has 0 saturated carbocycles. The van der Waals surface area contributed by atoms with Gasteiger partial charge in [0.1, 0.15) is 11.9 Å². The Labute approximate surface area is 147 Å². The topological polar surface area (TPSA) is 81.6 Å². The summed E-state index contributed by atoms with van der Waals surface area (Å²) in [7, 11) is -2.01. The van der Waals surface area contributed by atoms with Crippen LogP contribution in [0.15, 0.2) is 41.3 Å². The number of hydrogen-bond acceptors (Lipinski definition) is 6. The quantitative estimate of drug-likeness (QED) is 0.808. The van der Waals surface area contributed by atoms with E-state index in [0.717, 1.165) is 18.5 Å². The first-order valence-electron chi connectivity index (χ1n) is 8.10. The molecule has 0 N–H and O–H groups in total. The van der Waals surface area contributed by atoms with Gasteiger partial charge in [-0.2, -0.15) is 9.40 Å². The Hall–Kier alpha value is -2.19. The standard InChI is InChI=1S/C17H21N3O4S/c1-13-5-10-17(19-18-13)24-15-4-3-11-20(12-15)25(21,22)16-8-6-14(23-2)7-9-16/h5-10,15H,3-4,11-12H2,1-2H3. The number of hydrogen-bond donors (Lipinski definition) is 0. The molecule has 1 aromatic carbocycles. The Morgan fingerprint density at radius 3 is 2.52 bits per heavy atom. The Morgan fingerprint density at radius 2 is 1.88 bits per heavy atom. The molecule has 1 aromatic heterocycles. The van der Waals surface area contributed by atoms with E-state index in [9.17, 15) is 8.42 Å². The van der Waals surface area contributed by atoms with E-state index in [4.69, 9.17) is 9.47 Å². The summed E-state index contributed by atoms with van der Waals surface area (Å²) < 4.78 is 38.0. The molecule has 1 atom stereocenters. The summed E-state index contributed by atoms with van der Waals surface area (Å²) in [6.07, 6.45) is 1.28. The van der Waals surface area contributed by atoms with Crippen LogP contribution in [0.3, 0.4) is 0 Å². The van der Waals surface area contributed by atoms with Crippen molar-refractivity contribution in [3.63, 3.8) is 0 Å².